The molecule has 2 aliphatic heterocycles. The van der Waals surface area contributed by atoms with Gasteiger partial charge in [-0.3, -0.25) is 15.0 Å². The van der Waals surface area contributed by atoms with Crippen LogP contribution in [0.5, 0.6) is 5.75 Å². The first-order chi connectivity index (χ1) is 22.7. The van der Waals surface area contributed by atoms with Crippen LogP contribution in [-0.2, 0) is 34.8 Å². The monoisotopic (exact) mass is 700 g/mol. The molecular formula is C32H25Cl2F3N6O5. The molecule has 0 spiro atoms. The zero-order valence-electron chi connectivity index (χ0n) is 25.1. The van der Waals surface area contributed by atoms with Crippen molar-refractivity contribution in [2.24, 2.45) is 13.0 Å². The molecule has 1 saturated heterocycles. The van der Waals surface area contributed by atoms with E-state index in [0.717, 1.165) is 4.57 Å². The molecule has 48 heavy (non-hydrogen) atoms. The summed E-state index contributed by atoms with van der Waals surface area (Å²) in [6.45, 7) is 1.65. The van der Waals surface area contributed by atoms with Crippen molar-refractivity contribution in [2.45, 2.75) is 43.4 Å². The molecule has 4 heterocycles. The number of imide groups is 1. The third kappa shape index (κ3) is 4.38. The Morgan fingerprint density at radius 3 is 2.42 bits per heavy atom. The van der Waals surface area contributed by atoms with E-state index in [4.69, 9.17) is 23.2 Å². The average Bonchev–Trinajstić information content (AvgIpc) is 3.39. The van der Waals surface area contributed by atoms with Gasteiger partial charge in [-0.2, -0.15) is 18.2 Å². The Bertz CT molecular complexity index is 2190. The minimum absolute atomic E-state index is 0.0274. The summed E-state index contributed by atoms with van der Waals surface area (Å²) >= 11 is 12.4. The number of hydrogen-bond acceptors (Lipinski definition) is 7. The van der Waals surface area contributed by atoms with E-state index < -0.39 is 63.2 Å². The Morgan fingerprint density at radius 1 is 1.04 bits per heavy atom. The van der Waals surface area contributed by atoms with Gasteiger partial charge in [0, 0.05) is 29.7 Å². The van der Waals surface area contributed by atoms with Crippen LogP contribution in [0.3, 0.4) is 0 Å². The maximum Gasteiger partial charge on any atom is 0.417 e. The molecule has 16 heteroatoms. The number of alkyl halides is 3. The standard InChI is InChI=1S/C32H25Cl2F3N6O5/c1-15-4-3-5-20(25(15)44)24-19-10-11-41-29(47)40(2)30(48)43(41)23(19)13-21-27(45)42(28(46)31(21,24)16-6-8-18(33)9-7-16)39-26-22(34)12-17(14-38-26)32(35,36)37/h3-10,12,14,21,23-24,44H,11,13H2,1-2H3,(H,38,39). The van der Waals surface area contributed by atoms with Gasteiger partial charge < -0.3 is 5.11 Å². The highest BCUT2D eigenvalue weighted by molar-refractivity contribution is 6.33. The van der Waals surface area contributed by atoms with Crippen molar-refractivity contribution < 1.29 is 27.9 Å². The summed E-state index contributed by atoms with van der Waals surface area (Å²) in [4.78, 5) is 59.8. The highest BCUT2D eigenvalue weighted by Gasteiger charge is 2.69. The molecule has 0 bridgehead atoms. The third-order valence-corrected chi connectivity index (χ3v) is 10.1. The number of nitrogens with one attached hydrogen (secondary N) is 1. The summed E-state index contributed by atoms with van der Waals surface area (Å²) in [6, 6.07) is 11.0. The molecule has 2 N–H and O–H groups in total. The molecule has 11 nitrogen and oxygen atoms in total. The Morgan fingerprint density at radius 2 is 1.75 bits per heavy atom. The van der Waals surface area contributed by atoms with E-state index in [1.807, 2.05) is 0 Å². The lowest BCUT2D eigenvalue weighted by molar-refractivity contribution is -0.139. The van der Waals surface area contributed by atoms with Gasteiger partial charge in [0.15, 0.2) is 5.82 Å². The Balaban J connectivity index is 1.48. The van der Waals surface area contributed by atoms with Crippen LogP contribution in [0.2, 0.25) is 10.0 Å². The number of carbonyl (C=O) groups excluding carboxylic acids is 2. The van der Waals surface area contributed by atoms with Gasteiger partial charge in [-0.15, -0.1) is 0 Å². The molecule has 4 atom stereocenters. The number of halogens is 5. The predicted octanol–water partition coefficient (Wildman–Crippen LogP) is 4.70. The summed E-state index contributed by atoms with van der Waals surface area (Å²) < 4.78 is 43.5. The fourth-order valence-corrected chi connectivity index (χ4v) is 7.75. The smallest absolute Gasteiger partial charge is 0.417 e. The van der Waals surface area contributed by atoms with Crippen LogP contribution < -0.4 is 16.8 Å². The maximum atomic E-state index is 15.0. The fraction of sp³-hybridized carbons (Fsp3) is 0.281. The molecule has 4 unspecified atom stereocenters. The second-order valence-corrected chi connectivity index (χ2v) is 12.9. The first-order valence-electron chi connectivity index (χ1n) is 14.7. The minimum Gasteiger partial charge on any atom is -0.507 e. The number of anilines is 1. The molecule has 2 fully saturated rings. The number of nitrogens with zero attached hydrogens (tertiary/aromatic N) is 5. The lowest BCUT2D eigenvalue weighted by Gasteiger charge is -2.49. The van der Waals surface area contributed by atoms with Crippen molar-refractivity contribution >= 4 is 40.8 Å². The van der Waals surface area contributed by atoms with Gasteiger partial charge in [0.1, 0.15) is 5.75 Å². The molecule has 0 radical (unpaired) electrons. The number of hydrogen-bond donors (Lipinski definition) is 2. The highest BCUT2D eigenvalue weighted by Crippen LogP contribution is 2.63. The van der Waals surface area contributed by atoms with Crippen LogP contribution in [-0.4, -0.2) is 40.8 Å². The summed E-state index contributed by atoms with van der Waals surface area (Å²) in [6.07, 6.45) is -2.62. The molecule has 4 aromatic rings. The Hall–Kier alpha value is -4.82. The van der Waals surface area contributed by atoms with Gasteiger partial charge in [0.25, 0.3) is 11.8 Å². The SMILES string of the molecule is Cc1cccc(C2C3=CCn4c(=O)n(C)c(=O)n4C3CC3C(=O)N(Nc4ncc(C(F)(F)F)cc4Cl)C(=O)C32c2ccc(Cl)cc2)c1O. The van der Waals surface area contributed by atoms with E-state index in [0.29, 0.717) is 44.6 Å². The Labute approximate surface area is 279 Å². The molecular weight excluding hydrogens is 676 g/mol. The number of rotatable bonds is 4. The van der Waals surface area contributed by atoms with Gasteiger partial charge >= 0.3 is 17.6 Å². The van der Waals surface area contributed by atoms with Crippen molar-refractivity contribution in [2.75, 3.05) is 5.43 Å². The largest absolute Gasteiger partial charge is 0.507 e. The van der Waals surface area contributed by atoms with Crippen LogP contribution in [0.4, 0.5) is 19.0 Å². The second kappa shape index (κ2) is 10.9. The number of pyridine rings is 1. The number of allylic oxidation sites excluding steroid dienone is 2. The fourth-order valence-electron chi connectivity index (χ4n) is 7.41. The number of phenolic OH excluding ortho intramolecular Hbond substituents is 1. The van der Waals surface area contributed by atoms with Crippen molar-refractivity contribution in [3.8, 4) is 5.75 Å². The van der Waals surface area contributed by atoms with E-state index >= 15 is 4.79 Å². The van der Waals surface area contributed by atoms with Gasteiger partial charge in [0.05, 0.1) is 34.5 Å². The van der Waals surface area contributed by atoms with E-state index in [-0.39, 0.29) is 24.5 Å². The van der Waals surface area contributed by atoms with E-state index in [1.165, 1.54) is 16.4 Å². The lowest BCUT2D eigenvalue weighted by atomic mass is 9.53. The van der Waals surface area contributed by atoms with Crippen LogP contribution in [0.25, 0.3) is 0 Å². The second-order valence-electron chi connectivity index (χ2n) is 12.0. The van der Waals surface area contributed by atoms with Crippen molar-refractivity contribution in [3.63, 3.8) is 0 Å². The van der Waals surface area contributed by atoms with Gasteiger partial charge in [-0.25, -0.2) is 28.5 Å². The molecule has 248 valence electrons. The lowest BCUT2D eigenvalue weighted by Crippen LogP contribution is -2.53. The number of benzene rings is 2. The van der Waals surface area contributed by atoms with Crippen molar-refractivity contribution in [3.05, 3.63) is 120 Å². The predicted molar refractivity (Wildman–Crippen MR) is 168 cm³/mol. The number of fused-ring (bicyclic) bond motifs is 4. The molecule has 2 aromatic carbocycles. The topological polar surface area (TPSA) is 131 Å². The van der Waals surface area contributed by atoms with Crippen LogP contribution >= 0.6 is 23.2 Å². The Kier molecular flexibility index (Phi) is 7.18. The summed E-state index contributed by atoms with van der Waals surface area (Å²) in [7, 11) is 1.34. The molecule has 2 amide bonds. The minimum atomic E-state index is -4.74. The number of aromatic nitrogens is 4. The van der Waals surface area contributed by atoms with Gasteiger partial charge in [-0.05, 0) is 48.2 Å². The normalized spacial score (nSPS) is 23.4. The number of carbonyl (C=O) groups is 2. The third-order valence-electron chi connectivity index (χ3n) is 9.59. The number of phenols is 1. The number of hydrazine groups is 1. The number of aryl methyl sites for hydroxylation is 1. The van der Waals surface area contributed by atoms with E-state index in [1.54, 1.807) is 55.5 Å². The summed E-state index contributed by atoms with van der Waals surface area (Å²) in [5.74, 6) is -4.40. The van der Waals surface area contributed by atoms with Crippen LogP contribution in [0, 0.1) is 12.8 Å². The van der Waals surface area contributed by atoms with Crippen LogP contribution in [0.15, 0.2) is 76.0 Å². The van der Waals surface area contributed by atoms with Crippen LogP contribution in [0.1, 0.15) is 40.6 Å². The van der Waals surface area contributed by atoms with E-state index in [2.05, 4.69) is 10.4 Å². The molecule has 7 rings (SSSR count). The van der Waals surface area contributed by atoms with Gasteiger partial charge in [0.2, 0.25) is 0 Å². The number of para-hydroxylation sites is 1. The number of amides is 2. The molecule has 3 aliphatic rings. The maximum absolute atomic E-state index is 15.0. The van der Waals surface area contributed by atoms with Crippen molar-refractivity contribution in [1.82, 2.24) is 23.9 Å². The molecule has 1 saturated carbocycles. The van der Waals surface area contributed by atoms with Gasteiger partial charge in [-0.1, -0.05) is 59.6 Å². The first-order valence-corrected chi connectivity index (χ1v) is 15.4. The highest BCUT2D eigenvalue weighted by atomic mass is 35.5. The number of aromatic hydroxyl groups is 1. The zero-order valence-corrected chi connectivity index (χ0v) is 26.6. The average molecular weight is 701 g/mol. The van der Waals surface area contributed by atoms with Crippen molar-refractivity contribution in [1.29, 1.82) is 0 Å². The molecule has 2 aromatic heterocycles. The quantitative estimate of drug-likeness (QED) is 0.233. The summed E-state index contributed by atoms with van der Waals surface area (Å²) in [5, 5.41) is 12.1. The first kappa shape index (κ1) is 31.8. The van der Waals surface area contributed by atoms with E-state index in [9.17, 15) is 32.7 Å². The zero-order chi connectivity index (χ0) is 34.4. The molecule has 1 aliphatic carbocycles. The summed E-state index contributed by atoms with van der Waals surface area (Å²) in [5.41, 5.74) is 0.104.